The Morgan fingerprint density at radius 3 is 2.78 bits per heavy atom. The Morgan fingerprint density at radius 2 is 2.06 bits per heavy atom. The maximum Gasteiger partial charge on any atom is 0.236 e. The van der Waals surface area contributed by atoms with Crippen LogP contribution in [0.3, 0.4) is 0 Å². The van der Waals surface area contributed by atoms with Crippen LogP contribution in [-0.4, -0.2) is 61.0 Å². The van der Waals surface area contributed by atoms with Crippen molar-refractivity contribution in [3.05, 3.63) is 0 Å². The molecule has 2 aliphatic heterocycles. The molecule has 0 aromatic heterocycles. The van der Waals surface area contributed by atoms with Crippen molar-refractivity contribution in [3.63, 3.8) is 0 Å². The van der Waals surface area contributed by atoms with E-state index >= 15 is 0 Å². The van der Waals surface area contributed by atoms with Crippen molar-refractivity contribution in [3.8, 4) is 12.3 Å². The van der Waals surface area contributed by atoms with Gasteiger partial charge in [-0.1, -0.05) is 5.92 Å². The number of carbonyl (C=O) groups excluding carboxylic acids is 1. The van der Waals surface area contributed by atoms with E-state index in [0.29, 0.717) is 19.1 Å². The number of nitrogens with zero attached hydrogens (tertiary/aromatic N) is 2. The first-order valence-corrected chi connectivity index (χ1v) is 6.97. The lowest BCUT2D eigenvalue weighted by molar-refractivity contribution is -0.132. The van der Waals surface area contributed by atoms with Gasteiger partial charge in [-0.25, -0.2) is 0 Å². The smallest absolute Gasteiger partial charge is 0.236 e. The van der Waals surface area contributed by atoms with Gasteiger partial charge in [0.1, 0.15) is 0 Å². The summed E-state index contributed by atoms with van der Waals surface area (Å²) in [6.07, 6.45) is 10.1. The largest absolute Gasteiger partial charge is 0.340 e. The second-order valence-electron chi connectivity index (χ2n) is 5.19. The summed E-state index contributed by atoms with van der Waals surface area (Å²) in [6.45, 7) is 5.06. The minimum absolute atomic E-state index is 0.189. The summed E-state index contributed by atoms with van der Waals surface area (Å²) < 4.78 is 0. The normalized spacial score (nSPS) is 25.1. The van der Waals surface area contributed by atoms with E-state index in [-0.39, 0.29) is 5.91 Å². The van der Waals surface area contributed by atoms with Gasteiger partial charge in [-0.3, -0.25) is 15.0 Å². The fourth-order valence-corrected chi connectivity index (χ4v) is 2.94. The van der Waals surface area contributed by atoms with Crippen LogP contribution < -0.4 is 5.32 Å². The number of rotatable bonds is 4. The second-order valence-corrected chi connectivity index (χ2v) is 5.19. The maximum atomic E-state index is 12.0. The molecule has 0 bridgehead atoms. The van der Waals surface area contributed by atoms with Gasteiger partial charge in [0.05, 0.1) is 13.1 Å². The van der Waals surface area contributed by atoms with Gasteiger partial charge in [0.15, 0.2) is 0 Å². The van der Waals surface area contributed by atoms with Gasteiger partial charge >= 0.3 is 0 Å². The molecule has 1 amide bonds. The Labute approximate surface area is 110 Å². The lowest BCUT2D eigenvalue weighted by atomic mass is 10.0. The number of amides is 1. The molecule has 0 spiro atoms. The summed E-state index contributed by atoms with van der Waals surface area (Å²) >= 11 is 0. The Morgan fingerprint density at radius 1 is 1.28 bits per heavy atom. The van der Waals surface area contributed by atoms with Gasteiger partial charge in [-0.2, -0.15) is 0 Å². The molecule has 1 N–H and O–H groups in total. The Hall–Kier alpha value is -1.05. The molecule has 2 heterocycles. The van der Waals surface area contributed by atoms with E-state index in [1.54, 1.807) is 0 Å². The van der Waals surface area contributed by atoms with E-state index in [0.717, 1.165) is 19.5 Å². The molecule has 100 valence electrons. The van der Waals surface area contributed by atoms with E-state index in [1.165, 1.54) is 32.4 Å². The van der Waals surface area contributed by atoms with Gasteiger partial charge in [-0.15, -0.1) is 6.42 Å². The average Bonchev–Trinajstić information content (AvgIpc) is 2.93. The van der Waals surface area contributed by atoms with Crippen LogP contribution in [-0.2, 0) is 4.79 Å². The number of piperidine rings is 1. The minimum atomic E-state index is 0.189. The molecule has 1 unspecified atom stereocenters. The molecule has 1 atom stereocenters. The highest BCUT2D eigenvalue weighted by molar-refractivity contribution is 5.78. The van der Waals surface area contributed by atoms with Crippen LogP contribution in [0.5, 0.6) is 0 Å². The van der Waals surface area contributed by atoms with Crippen LogP contribution in [0.4, 0.5) is 0 Å². The summed E-state index contributed by atoms with van der Waals surface area (Å²) in [4.78, 5) is 16.6. The molecular weight excluding hydrogens is 226 g/mol. The third-order valence-electron chi connectivity index (χ3n) is 3.91. The van der Waals surface area contributed by atoms with Crippen LogP contribution in [0.15, 0.2) is 0 Å². The van der Waals surface area contributed by atoms with Crippen molar-refractivity contribution >= 4 is 5.91 Å². The molecule has 2 aliphatic rings. The molecule has 4 nitrogen and oxygen atoms in total. The number of terminal acetylenes is 1. The Balaban J connectivity index is 1.78. The lowest BCUT2D eigenvalue weighted by Crippen LogP contribution is -2.50. The van der Waals surface area contributed by atoms with Crippen LogP contribution in [0.25, 0.3) is 0 Å². The zero-order valence-electron chi connectivity index (χ0n) is 11.0. The van der Waals surface area contributed by atoms with Crippen LogP contribution in [0.2, 0.25) is 0 Å². The first kappa shape index (κ1) is 13.4. The van der Waals surface area contributed by atoms with Crippen LogP contribution in [0.1, 0.15) is 25.7 Å². The van der Waals surface area contributed by atoms with E-state index in [1.807, 2.05) is 4.90 Å². The van der Waals surface area contributed by atoms with Gasteiger partial charge in [0.25, 0.3) is 0 Å². The number of hydrogen-bond acceptors (Lipinski definition) is 3. The standard InChI is InChI=1S/C14H23N3O/c1-2-7-15-11-14(18)17-10-5-6-13(12-17)16-8-3-4-9-16/h1,13,15H,3-12H2. The first-order chi connectivity index (χ1) is 8.81. The molecule has 18 heavy (non-hydrogen) atoms. The van der Waals surface area contributed by atoms with Gasteiger partial charge in [0.2, 0.25) is 5.91 Å². The minimum Gasteiger partial charge on any atom is -0.340 e. The summed E-state index contributed by atoms with van der Waals surface area (Å²) in [5, 5.41) is 2.98. The molecule has 2 rings (SSSR count). The summed E-state index contributed by atoms with van der Waals surface area (Å²) in [7, 11) is 0. The Kier molecular flexibility index (Phi) is 5.03. The van der Waals surface area contributed by atoms with E-state index < -0.39 is 0 Å². The molecule has 0 aliphatic carbocycles. The molecule has 0 aromatic carbocycles. The molecule has 4 heteroatoms. The zero-order valence-corrected chi connectivity index (χ0v) is 11.0. The fraction of sp³-hybridized carbons (Fsp3) is 0.786. The highest BCUT2D eigenvalue weighted by Crippen LogP contribution is 2.20. The lowest BCUT2D eigenvalue weighted by Gasteiger charge is -2.37. The number of hydrogen-bond donors (Lipinski definition) is 1. The summed E-state index contributed by atoms with van der Waals surface area (Å²) in [6, 6.07) is 0.581. The molecule has 0 aromatic rings. The quantitative estimate of drug-likeness (QED) is 0.575. The average molecular weight is 249 g/mol. The topological polar surface area (TPSA) is 35.6 Å². The molecule has 0 saturated carbocycles. The van der Waals surface area contributed by atoms with Crippen LogP contribution >= 0.6 is 0 Å². The van der Waals surface area contributed by atoms with Crippen molar-refractivity contribution < 1.29 is 4.79 Å². The second kappa shape index (κ2) is 6.77. The van der Waals surface area contributed by atoms with Crippen molar-refractivity contribution in [1.82, 2.24) is 15.1 Å². The van der Waals surface area contributed by atoms with Gasteiger partial charge < -0.3 is 4.90 Å². The third-order valence-corrected chi connectivity index (χ3v) is 3.91. The molecule has 2 fully saturated rings. The van der Waals surface area contributed by atoms with Gasteiger partial charge in [-0.05, 0) is 38.8 Å². The summed E-state index contributed by atoms with van der Waals surface area (Å²) in [5.41, 5.74) is 0. The number of likely N-dealkylation sites (tertiary alicyclic amines) is 2. The predicted octanol–water partition coefficient (Wildman–Crippen LogP) is 0.296. The first-order valence-electron chi connectivity index (χ1n) is 6.97. The monoisotopic (exact) mass is 249 g/mol. The van der Waals surface area contributed by atoms with Crippen molar-refractivity contribution in [1.29, 1.82) is 0 Å². The van der Waals surface area contributed by atoms with E-state index in [2.05, 4.69) is 16.1 Å². The van der Waals surface area contributed by atoms with Gasteiger partial charge in [0, 0.05) is 19.1 Å². The third kappa shape index (κ3) is 3.47. The van der Waals surface area contributed by atoms with E-state index in [9.17, 15) is 4.79 Å². The fourth-order valence-electron chi connectivity index (χ4n) is 2.94. The molecule has 2 saturated heterocycles. The van der Waals surface area contributed by atoms with Crippen molar-refractivity contribution in [2.24, 2.45) is 0 Å². The Bertz CT molecular complexity index is 317. The summed E-state index contributed by atoms with van der Waals surface area (Å²) in [5.74, 6) is 2.68. The number of nitrogens with one attached hydrogen (secondary N) is 1. The number of carbonyl (C=O) groups is 1. The van der Waals surface area contributed by atoms with Crippen molar-refractivity contribution in [2.75, 3.05) is 39.3 Å². The highest BCUT2D eigenvalue weighted by Gasteiger charge is 2.28. The van der Waals surface area contributed by atoms with E-state index in [4.69, 9.17) is 6.42 Å². The predicted molar refractivity (Wildman–Crippen MR) is 72.1 cm³/mol. The van der Waals surface area contributed by atoms with Crippen molar-refractivity contribution in [2.45, 2.75) is 31.7 Å². The SMILES string of the molecule is C#CCNCC(=O)N1CCCC(N2CCCC2)C1. The molecule has 0 radical (unpaired) electrons. The van der Waals surface area contributed by atoms with Crippen LogP contribution in [0, 0.1) is 12.3 Å². The maximum absolute atomic E-state index is 12.0. The highest BCUT2D eigenvalue weighted by atomic mass is 16.2. The molecular formula is C14H23N3O. The zero-order chi connectivity index (χ0) is 12.8.